The van der Waals surface area contributed by atoms with Gasteiger partial charge in [-0.1, -0.05) is 75.8 Å². The first-order valence-electron chi connectivity index (χ1n) is 9.93. The zero-order valence-corrected chi connectivity index (χ0v) is 16.0. The van der Waals surface area contributed by atoms with Gasteiger partial charge in [0.25, 0.3) is 0 Å². The van der Waals surface area contributed by atoms with Crippen LogP contribution in [-0.4, -0.2) is 0 Å². The Labute approximate surface area is 150 Å². The minimum atomic E-state index is 0.635. The smallest absolute Gasteiger partial charge is 0.0190 e. The van der Waals surface area contributed by atoms with Crippen molar-refractivity contribution in [3.63, 3.8) is 0 Å². The Morgan fingerprint density at radius 3 is 2.58 bits per heavy atom. The van der Waals surface area contributed by atoms with Gasteiger partial charge in [-0.2, -0.15) is 0 Å². The quantitative estimate of drug-likeness (QED) is 0.448. The molecule has 1 aromatic carbocycles. The molecule has 1 aliphatic rings. The lowest BCUT2D eigenvalue weighted by atomic mass is 9.70. The van der Waals surface area contributed by atoms with Crippen molar-refractivity contribution in [3.8, 4) is 0 Å². The Morgan fingerprint density at radius 2 is 1.92 bits per heavy atom. The molecule has 2 rings (SSSR count). The van der Waals surface area contributed by atoms with E-state index in [1.54, 1.807) is 0 Å². The van der Waals surface area contributed by atoms with Gasteiger partial charge in [0.2, 0.25) is 0 Å². The molecule has 0 nitrogen and oxygen atoms in total. The Morgan fingerprint density at radius 1 is 1.17 bits per heavy atom. The van der Waals surface area contributed by atoms with Gasteiger partial charge in [0, 0.05) is 0 Å². The second-order valence-corrected chi connectivity index (χ2v) is 8.19. The van der Waals surface area contributed by atoms with Crippen LogP contribution in [-0.2, 0) is 6.42 Å². The maximum Gasteiger partial charge on any atom is -0.0190 e. The summed E-state index contributed by atoms with van der Waals surface area (Å²) in [6.45, 7) is 11.1. The van der Waals surface area contributed by atoms with Gasteiger partial charge in [-0.15, -0.1) is 6.58 Å². The number of hydrogen-bond donors (Lipinski definition) is 0. The van der Waals surface area contributed by atoms with Gasteiger partial charge in [0.1, 0.15) is 0 Å². The summed E-state index contributed by atoms with van der Waals surface area (Å²) in [6.07, 6.45) is 14.8. The van der Waals surface area contributed by atoms with Crippen LogP contribution >= 0.6 is 0 Å². The van der Waals surface area contributed by atoms with Crippen LogP contribution in [0.2, 0.25) is 0 Å². The molecule has 1 saturated carbocycles. The molecular weight excluding hydrogens is 288 g/mol. The Bertz CT molecular complexity index is 496. The van der Waals surface area contributed by atoms with E-state index in [-0.39, 0.29) is 0 Å². The van der Waals surface area contributed by atoms with Crippen molar-refractivity contribution in [2.45, 2.75) is 59.3 Å². The average molecular weight is 325 g/mol. The summed E-state index contributed by atoms with van der Waals surface area (Å²) in [6, 6.07) is 10.9. The highest BCUT2D eigenvalue weighted by Crippen LogP contribution is 2.39. The van der Waals surface area contributed by atoms with E-state index in [9.17, 15) is 0 Å². The fourth-order valence-corrected chi connectivity index (χ4v) is 4.31. The van der Waals surface area contributed by atoms with Gasteiger partial charge in [-0.25, -0.2) is 0 Å². The van der Waals surface area contributed by atoms with Crippen LogP contribution in [0.25, 0.3) is 0 Å². The first-order valence-corrected chi connectivity index (χ1v) is 9.93. The maximum absolute atomic E-state index is 3.91. The highest BCUT2D eigenvalue weighted by atomic mass is 14.3. The topological polar surface area (TPSA) is 0 Å². The fourth-order valence-electron chi connectivity index (χ4n) is 4.31. The average Bonchev–Trinajstić information content (AvgIpc) is 2.58. The van der Waals surface area contributed by atoms with Gasteiger partial charge in [0.15, 0.2) is 0 Å². The summed E-state index contributed by atoms with van der Waals surface area (Å²) in [5.41, 5.74) is 1.45. The Hall–Kier alpha value is -1.30. The fraction of sp³-hybridized carbons (Fsp3) is 0.583. The third kappa shape index (κ3) is 5.96. The van der Waals surface area contributed by atoms with Crippen molar-refractivity contribution in [1.29, 1.82) is 0 Å². The first-order chi connectivity index (χ1) is 11.6. The first kappa shape index (κ1) is 19.0. The number of allylic oxidation sites excluding steroid dienone is 3. The number of hydrogen-bond acceptors (Lipinski definition) is 0. The molecular formula is C24H36. The van der Waals surface area contributed by atoms with E-state index >= 15 is 0 Å². The van der Waals surface area contributed by atoms with Crippen LogP contribution in [0, 0.1) is 29.6 Å². The minimum absolute atomic E-state index is 0.635. The normalized spacial score (nSPS) is 25.9. The Balaban J connectivity index is 2.05. The van der Waals surface area contributed by atoms with Crippen LogP contribution in [0.15, 0.2) is 55.1 Å². The van der Waals surface area contributed by atoms with Gasteiger partial charge in [0.05, 0.1) is 0 Å². The van der Waals surface area contributed by atoms with E-state index in [1.165, 1.54) is 31.2 Å². The largest absolute Gasteiger partial charge is 0.103 e. The highest BCUT2D eigenvalue weighted by Gasteiger charge is 2.28. The molecule has 4 atom stereocenters. The minimum Gasteiger partial charge on any atom is -0.103 e. The van der Waals surface area contributed by atoms with Crippen LogP contribution < -0.4 is 0 Å². The van der Waals surface area contributed by atoms with Crippen LogP contribution in [0.3, 0.4) is 0 Å². The van der Waals surface area contributed by atoms with Crippen LogP contribution in [0.4, 0.5) is 0 Å². The molecule has 0 bridgehead atoms. The molecule has 0 radical (unpaired) electrons. The van der Waals surface area contributed by atoms with Crippen molar-refractivity contribution in [3.05, 3.63) is 60.7 Å². The molecule has 0 aliphatic heterocycles. The third-order valence-corrected chi connectivity index (χ3v) is 5.79. The summed E-state index contributed by atoms with van der Waals surface area (Å²) in [4.78, 5) is 0. The monoisotopic (exact) mass is 324 g/mol. The van der Waals surface area contributed by atoms with Gasteiger partial charge in [-0.3, -0.25) is 0 Å². The molecule has 1 aromatic rings. The predicted octanol–water partition coefficient (Wildman–Crippen LogP) is 7.08. The molecule has 0 heterocycles. The molecule has 0 spiro atoms. The standard InChI is InChI=1S/C24H36/c1-5-6-10-22(18-21-11-8-7-9-12-21)14-15-23-17-20(4)13-16-24(23)19(2)3/h5,7-9,11-12,14-15,19-20,22-24H,1,6,10,13,16-18H2,2-4H3/b15-14+/t20-,22-,23-,24+/m1/s1. The molecule has 1 fully saturated rings. The zero-order chi connectivity index (χ0) is 17.4. The summed E-state index contributed by atoms with van der Waals surface area (Å²) in [7, 11) is 0. The van der Waals surface area contributed by atoms with E-state index in [2.05, 4.69) is 75.9 Å². The lowest BCUT2D eigenvalue weighted by Crippen LogP contribution is -2.26. The molecule has 1 aliphatic carbocycles. The molecule has 0 saturated heterocycles. The summed E-state index contributed by atoms with van der Waals surface area (Å²) >= 11 is 0. The van der Waals surface area contributed by atoms with Crippen molar-refractivity contribution in [2.24, 2.45) is 29.6 Å². The van der Waals surface area contributed by atoms with Gasteiger partial charge >= 0.3 is 0 Å². The lowest BCUT2D eigenvalue weighted by Gasteiger charge is -2.36. The van der Waals surface area contributed by atoms with Gasteiger partial charge in [-0.05, 0) is 67.3 Å². The van der Waals surface area contributed by atoms with Crippen molar-refractivity contribution in [1.82, 2.24) is 0 Å². The van der Waals surface area contributed by atoms with E-state index in [0.29, 0.717) is 5.92 Å². The van der Waals surface area contributed by atoms with Crippen molar-refractivity contribution >= 4 is 0 Å². The lowest BCUT2D eigenvalue weighted by molar-refractivity contribution is 0.178. The second-order valence-electron chi connectivity index (χ2n) is 8.19. The molecule has 0 heteroatoms. The molecule has 24 heavy (non-hydrogen) atoms. The summed E-state index contributed by atoms with van der Waals surface area (Å²) in [5, 5.41) is 0. The van der Waals surface area contributed by atoms with Crippen molar-refractivity contribution < 1.29 is 0 Å². The number of rotatable bonds is 8. The van der Waals surface area contributed by atoms with Crippen LogP contribution in [0.5, 0.6) is 0 Å². The van der Waals surface area contributed by atoms with E-state index in [1.807, 2.05) is 0 Å². The maximum atomic E-state index is 3.91. The predicted molar refractivity (Wildman–Crippen MR) is 107 cm³/mol. The summed E-state index contributed by atoms with van der Waals surface area (Å²) < 4.78 is 0. The van der Waals surface area contributed by atoms with Gasteiger partial charge < -0.3 is 0 Å². The SMILES string of the molecule is C=CCC[C@H](/C=C/[C@@H]1C[C@H](C)CC[C@H]1C(C)C)Cc1ccccc1. The summed E-state index contributed by atoms with van der Waals surface area (Å²) in [5.74, 6) is 3.96. The molecule has 0 unspecified atom stereocenters. The molecule has 0 amide bonds. The zero-order valence-electron chi connectivity index (χ0n) is 16.0. The van der Waals surface area contributed by atoms with E-state index in [0.717, 1.165) is 36.5 Å². The molecule has 132 valence electrons. The number of benzene rings is 1. The molecule has 0 N–H and O–H groups in total. The second kappa shape index (κ2) is 9.87. The molecule has 0 aromatic heterocycles. The van der Waals surface area contributed by atoms with Crippen molar-refractivity contribution in [2.75, 3.05) is 0 Å². The Kier molecular flexibility index (Phi) is 7.82. The highest BCUT2D eigenvalue weighted by molar-refractivity contribution is 5.16. The van der Waals surface area contributed by atoms with E-state index in [4.69, 9.17) is 0 Å². The third-order valence-electron chi connectivity index (χ3n) is 5.79. The van der Waals surface area contributed by atoms with E-state index < -0.39 is 0 Å². The van der Waals surface area contributed by atoms with Crippen LogP contribution in [0.1, 0.15) is 58.4 Å².